The van der Waals surface area contributed by atoms with E-state index < -0.39 is 0 Å². The maximum absolute atomic E-state index is 12.2. The van der Waals surface area contributed by atoms with Crippen molar-refractivity contribution in [3.63, 3.8) is 0 Å². The lowest BCUT2D eigenvalue weighted by Gasteiger charge is -2.22. The van der Waals surface area contributed by atoms with Gasteiger partial charge in [0.2, 0.25) is 11.8 Å². The molecule has 0 aliphatic carbocycles. The highest BCUT2D eigenvalue weighted by Gasteiger charge is 2.24. The minimum atomic E-state index is -0.0827. The van der Waals surface area contributed by atoms with Crippen molar-refractivity contribution in [2.45, 2.75) is 38.6 Å². The number of amides is 2. The van der Waals surface area contributed by atoms with Crippen LogP contribution in [0.3, 0.4) is 0 Å². The molecule has 2 aliphatic heterocycles. The summed E-state index contributed by atoms with van der Waals surface area (Å²) >= 11 is 0. The van der Waals surface area contributed by atoms with E-state index >= 15 is 0 Å². The number of nitrogens with one attached hydrogen (secondary N) is 2. The second kappa shape index (κ2) is 7.11. The molecule has 120 valence electrons. The summed E-state index contributed by atoms with van der Waals surface area (Å²) in [5, 5.41) is 6.23. The molecule has 0 unspecified atom stereocenters. The van der Waals surface area contributed by atoms with Gasteiger partial charge in [-0.1, -0.05) is 6.42 Å². The van der Waals surface area contributed by atoms with Gasteiger partial charge >= 0.3 is 0 Å². The Morgan fingerprint density at radius 1 is 1.32 bits per heavy atom. The molecule has 1 aromatic carbocycles. The number of carbonyl (C=O) groups excluding carboxylic acids is 2. The van der Waals surface area contributed by atoms with E-state index in [1.54, 1.807) is 11.8 Å². The first-order chi connectivity index (χ1) is 10.1. The third kappa shape index (κ3) is 3.42. The third-order valence-electron chi connectivity index (χ3n) is 4.25. The number of halogens is 1. The minimum absolute atomic E-state index is 0. The molecule has 1 atom stereocenters. The average Bonchev–Trinajstić information content (AvgIpc) is 2.91. The topological polar surface area (TPSA) is 61.4 Å². The zero-order chi connectivity index (χ0) is 14.8. The normalized spacial score (nSPS) is 20.0. The van der Waals surface area contributed by atoms with E-state index in [1.807, 2.05) is 18.2 Å². The first-order valence-electron chi connectivity index (χ1n) is 7.60. The lowest BCUT2D eigenvalue weighted by Crippen LogP contribution is -2.43. The molecule has 0 radical (unpaired) electrons. The largest absolute Gasteiger partial charge is 0.325 e. The molecule has 0 spiro atoms. The van der Waals surface area contributed by atoms with Crippen molar-refractivity contribution in [1.82, 2.24) is 5.32 Å². The number of piperidine rings is 1. The van der Waals surface area contributed by atoms with Crippen molar-refractivity contribution >= 4 is 35.6 Å². The number of rotatable bonds is 2. The van der Waals surface area contributed by atoms with Gasteiger partial charge in [-0.05, 0) is 49.6 Å². The summed E-state index contributed by atoms with van der Waals surface area (Å²) in [6.45, 7) is 3.22. The smallest absolute Gasteiger partial charge is 0.241 e. The summed E-state index contributed by atoms with van der Waals surface area (Å²) in [4.78, 5) is 25.5. The van der Waals surface area contributed by atoms with E-state index in [9.17, 15) is 9.59 Å². The van der Waals surface area contributed by atoms with Gasteiger partial charge in [-0.15, -0.1) is 12.4 Å². The van der Waals surface area contributed by atoms with Crippen LogP contribution >= 0.6 is 12.4 Å². The van der Waals surface area contributed by atoms with Crippen LogP contribution in [-0.4, -0.2) is 30.9 Å². The number of anilines is 2. The maximum atomic E-state index is 12.2. The molecule has 2 aliphatic rings. The highest BCUT2D eigenvalue weighted by atomic mass is 35.5. The monoisotopic (exact) mass is 323 g/mol. The number of fused-ring (bicyclic) bond motifs is 1. The summed E-state index contributed by atoms with van der Waals surface area (Å²) < 4.78 is 0. The van der Waals surface area contributed by atoms with Gasteiger partial charge in [0, 0.05) is 24.8 Å². The van der Waals surface area contributed by atoms with Gasteiger partial charge in [-0.25, -0.2) is 0 Å². The van der Waals surface area contributed by atoms with Gasteiger partial charge in [0.15, 0.2) is 0 Å². The van der Waals surface area contributed by atoms with Gasteiger partial charge in [0.1, 0.15) is 0 Å². The summed E-state index contributed by atoms with van der Waals surface area (Å²) in [5.74, 6) is 0.105. The van der Waals surface area contributed by atoms with Crippen LogP contribution in [0, 0.1) is 0 Å². The molecule has 22 heavy (non-hydrogen) atoms. The molecule has 2 N–H and O–H groups in total. The standard InChI is InChI=1S/C16H21N3O2.ClH/c1-11(20)19-9-7-12-10-13(5-6-15(12)19)18-16(21)14-4-2-3-8-17-14;/h5-6,10,14,17H,2-4,7-9H2,1H3,(H,18,21);1H/t14-;/m0./s1. The van der Waals surface area contributed by atoms with E-state index in [1.165, 1.54) is 0 Å². The molecule has 0 aromatic heterocycles. The Labute approximate surface area is 136 Å². The number of carbonyl (C=O) groups is 2. The third-order valence-corrected chi connectivity index (χ3v) is 4.25. The highest BCUT2D eigenvalue weighted by Crippen LogP contribution is 2.30. The Morgan fingerprint density at radius 2 is 2.14 bits per heavy atom. The fourth-order valence-electron chi connectivity index (χ4n) is 3.11. The first kappa shape index (κ1) is 16.8. The van der Waals surface area contributed by atoms with Crippen LogP contribution in [0.2, 0.25) is 0 Å². The molecule has 6 heteroatoms. The fraction of sp³-hybridized carbons (Fsp3) is 0.500. The molecule has 0 bridgehead atoms. The van der Waals surface area contributed by atoms with Crippen molar-refractivity contribution < 1.29 is 9.59 Å². The predicted octanol–water partition coefficient (Wildman–Crippen LogP) is 2.10. The van der Waals surface area contributed by atoms with E-state index in [4.69, 9.17) is 0 Å². The molecule has 1 saturated heterocycles. The van der Waals surface area contributed by atoms with E-state index in [0.717, 1.165) is 55.7 Å². The number of benzene rings is 1. The van der Waals surface area contributed by atoms with E-state index in [2.05, 4.69) is 10.6 Å². The summed E-state index contributed by atoms with van der Waals surface area (Å²) in [6.07, 6.45) is 3.99. The van der Waals surface area contributed by atoms with Crippen LogP contribution in [0.4, 0.5) is 11.4 Å². The van der Waals surface area contributed by atoms with Gasteiger partial charge in [0.25, 0.3) is 0 Å². The number of nitrogens with zero attached hydrogens (tertiary/aromatic N) is 1. The molecule has 0 saturated carbocycles. The second-order valence-electron chi connectivity index (χ2n) is 5.76. The van der Waals surface area contributed by atoms with Crippen LogP contribution in [0.15, 0.2) is 18.2 Å². The van der Waals surface area contributed by atoms with Crippen LogP contribution in [0.5, 0.6) is 0 Å². The summed E-state index contributed by atoms with van der Waals surface area (Å²) in [7, 11) is 0. The van der Waals surface area contributed by atoms with E-state index in [0.29, 0.717) is 0 Å². The highest BCUT2D eigenvalue weighted by molar-refractivity contribution is 5.97. The number of hydrogen-bond acceptors (Lipinski definition) is 3. The van der Waals surface area contributed by atoms with Crippen LogP contribution < -0.4 is 15.5 Å². The Hall–Kier alpha value is -1.59. The van der Waals surface area contributed by atoms with Gasteiger partial charge in [-0.2, -0.15) is 0 Å². The lowest BCUT2D eigenvalue weighted by atomic mass is 10.0. The molecule has 1 aromatic rings. The number of hydrogen-bond donors (Lipinski definition) is 2. The maximum Gasteiger partial charge on any atom is 0.241 e. The first-order valence-corrected chi connectivity index (χ1v) is 7.60. The van der Waals surface area contributed by atoms with Crippen molar-refractivity contribution in [2.24, 2.45) is 0 Å². The van der Waals surface area contributed by atoms with Crippen molar-refractivity contribution in [3.05, 3.63) is 23.8 Å². The van der Waals surface area contributed by atoms with Gasteiger partial charge in [-0.3, -0.25) is 9.59 Å². The Bertz CT molecular complexity index is 571. The van der Waals surface area contributed by atoms with Crippen molar-refractivity contribution in [3.8, 4) is 0 Å². The SMILES string of the molecule is CC(=O)N1CCc2cc(NC(=O)[C@@H]3CCCCN3)ccc21.Cl. The van der Waals surface area contributed by atoms with Crippen molar-refractivity contribution in [1.29, 1.82) is 0 Å². The Morgan fingerprint density at radius 3 is 2.82 bits per heavy atom. The molecule has 1 fully saturated rings. The Balaban J connectivity index is 0.00000176. The second-order valence-corrected chi connectivity index (χ2v) is 5.76. The van der Waals surface area contributed by atoms with Gasteiger partial charge < -0.3 is 15.5 Å². The quantitative estimate of drug-likeness (QED) is 0.876. The average molecular weight is 324 g/mol. The van der Waals surface area contributed by atoms with Crippen LogP contribution in [-0.2, 0) is 16.0 Å². The lowest BCUT2D eigenvalue weighted by molar-refractivity contribution is -0.118. The molecule has 3 rings (SSSR count). The summed E-state index contributed by atoms with van der Waals surface area (Å²) in [6, 6.07) is 5.70. The minimum Gasteiger partial charge on any atom is -0.325 e. The van der Waals surface area contributed by atoms with E-state index in [-0.39, 0.29) is 30.3 Å². The van der Waals surface area contributed by atoms with Crippen LogP contribution in [0.25, 0.3) is 0 Å². The molecule has 2 heterocycles. The summed E-state index contributed by atoms with van der Waals surface area (Å²) in [5.41, 5.74) is 2.91. The van der Waals surface area contributed by atoms with Gasteiger partial charge in [0.05, 0.1) is 6.04 Å². The zero-order valence-corrected chi connectivity index (χ0v) is 13.5. The molecular formula is C16H22ClN3O2. The Kier molecular flexibility index (Phi) is 5.42. The van der Waals surface area contributed by atoms with Crippen LogP contribution in [0.1, 0.15) is 31.7 Å². The molecule has 5 nitrogen and oxygen atoms in total. The fourth-order valence-corrected chi connectivity index (χ4v) is 3.11. The predicted molar refractivity (Wildman–Crippen MR) is 89.7 cm³/mol. The molecule has 2 amide bonds. The zero-order valence-electron chi connectivity index (χ0n) is 12.7. The molecular weight excluding hydrogens is 302 g/mol. The van der Waals surface area contributed by atoms with Crippen molar-refractivity contribution in [2.75, 3.05) is 23.3 Å².